The zero-order chi connectivity index (χ0) is 19.1. The van der Waals surface area contributed by atoms with Crippen molar-refractivity contribution in [1.29, 1.82) is 0 Å². The van der Waals surface area contributed by atoms with E-state index in [9.17, 15) is 9.59 Å². The molecule has 0 atom stereocenters. The summed E-state index contributed by atoms with van der Waals surface area (Å²) in [6, 6.07) is 16.8. The van der Waals surface area contributed by atoms with Crippen molar-refractivity contribution in [2.75, 3.05) is 19.7 Å². The minimum absolute atomic E-state index is 0.00536. The Morgan fingerprint density at radius 1 is 0.963 bits per heavy atom. The Morgan fingerprint density at radius 3 is 2.26 bits per heavy atom. The normalized spacial score (nSPS) is 14.8. The number of carbonyl (C=O) groups excluding carboxylic acids is 2. The lowest BCUT2D eigenvalue weighted by Gasteiger charge is -2.31. The van der Waals surface area contributed by atoms with Gasteiger partial charge in [-0.3, -0.25) is 9.59 Å². The fourth-order valence-electron chi connectivity index (χ4n) is 3.39. The van der Waals surface area contributed by atoms with Crippen LogP contribution in [0.4, 0.5) is 0 Å². The summed E-state index contributed by atoms with van der Waals surface area (Å²) < 4.78 is 5.65. The molecule has 0 N–H and O–H groups in total. The van der Waals surface area contributed by atoms with E-state index in [4.69, 9.17) is 4.74 Å². The molecule has 0 aromatic heterocycles. The van der Waals surface area contributed by atoms with Gasteiger partial charge in [0, 0.05) is 30.1 Å². The number of hydrogen-bond donors (Lipinski definition) is 0. The molecule has 0 bridgehead atoms. The lowest BCUT2D eigenvalue weighted by Crippen LogP contribution is -2.40. The zero-order valence-corrected chi connectivity index (χ0v) is 15.9. The number of nitrogens with zero attached hydrogens (tertiary/aromatic N) is 1. The van der Waals surface area contributed by atoms with E-state index in [1.54, 1.807) is 0 Å². The maximum Gasteiger partial charge on any atom is 0.253 e. The Bertz CT molecular complexity index is 747. The first-order chi connectivity index (χ1) is 13.2. The molecule has 4 nitrogen and oxygen atoms in total. The second kappa shape index (κ2) is 9.36. The summed E-state index contributed by atoms with van der Waals surface area (Å²) in [6.07, 6.45) is 3.56. The third-order valence-corrected chi connectivity index (χ3v) is 5.08. The van der Waals surface area contributed by atoms with E-state index in [0.29, 0.717) is 25.3 Å². The molecular weight excluding hydrogens is 338 g/mol. The molecule has 0 radical (unpaired) electrons. The monoisotopic (exact) mass is 365 g/mol. The first kappa shape index (κ1) is 19.2. The van der Waals surface area contributed by atoms with Crippen molar-refractivity contribution in [1.82, 2.24) is 4.90 Å². The van der Waals surface area contributed by atoms with Crippen LogP contribution in [0.1, 0.15) is 53.3 Å². The quantitative estimate of drug-likeness (QED) is 0.532. The molecule has 1 heterocycles. The van der Waals surface area contributed by atoms with Crippen molar-refractivity contribution >= 4 is 11.7 Å². The van der Waals surface area contributed by atoms with Crippen molar-refractivity contribution < 1.29 is 14.3 Å². The minimum atomic E-state index is 0.00536. The Labute approximate surface area is 161 Å². The molecule has 1 saturated heterocycles. The molecule has 1 aliphatic heterocycles. The number of unbranched alkanes of at least 4 members (excludes halogenated alkanes) is 1. The highest BCUT2D eigenvalue weighted by Gasteiger charge is 2.28. The smallest absolute Gasteiger partial charge is 0.253 e. The van der Waals surface area contributed by atoms with Crippen LogP contribution in [0.25, 0.3) is 0 Å². The van der Waals surface area contributed by atoms with E-state index in [1.807, 2.05) is 59.5 Å². The Morgan fingerprint density at radius 2 is 1.63 bits per heavy atom. The first-order valence-electron chi connectivity index (χ1n) is 9.80. The van der Waals surface area contributed by atoms with Gasteiger partial charge in [-0.15, -0.1) is 0 Å². The van der Waals surface area contributed by atoms with E-state index >= 15 is 0 Å². The molecule has 4 heteroatoms. The van der Waals surface area contributed by atoms with Crippen LogP contribution in [0, 0.1) is 5.92 Å². The summed E-state index contributed by atoms with van der Waals surface area (Å²) in [5, 5.41) is 0. The molecule has 1 amide bonds. The first-order valence-corrected chi connectivity index (χ1v) is 9.80. The van der Waals surface area contributed by atoms with Gasteiger partial charge in [-0.05, 0) is 43.5 Å². The van der Waals surface area contributed by atoms with Crippen LogP contribution in [0.15, 0.2) is 54.6 Å². The number of likely N-dealkylation sites (tertiary alicyclic amines) is 1. The van der Waals surface area contributed by atoms with E-state index < -0.39 is 0 Å². The summed E-state index contributed by atoms with van der Waals surface area (Å²) in [7, 11) is 0. The summed E-state index contributed by atoms with van der Waals surface area (Å²) in [6.45, 7) is 4.07. The van der Waals surface area contributed by atoms with Crippen LogP contribution in [0.5, 0.6) is 5.75 Å². The molecule has 0 unspecified atom stereocenters. The van der Waals surface area contributed by atoms with Crippen LogP contribution < -0.4 is 4.74 Å². The van der Waals surface area contributed by atoms with E-state index in [2.05, 4.69) is 6.92 Å². The van der Waals surface area contributed by atoms with Crippen LogP contribution in [-0.4, -0.2) is 36.3 Å². The fraction of sp³-hybridized carbons (Fsp3) is 0.391. The third-order valence-electron chi connectivity index (χ3n) is 5.08. The second-order valence-corrected chi connectivity index (χ2v) is 7.02. The van der Waals surface area contributed by atoms with Crippen LogP contribution in [-0.2, 0) is 0 Å². The Hall–Kier alpha value is -2.62. The third kappa shape index (κ3) is 4.97. The van der Waals surface area contributed by atoms with Crippen molar-refractivity contribution in [3.05, 3.63) is 65.7 Å². The van der Waals surface area contributed by atoms with Gasteiger partial charge in [0.25, 0.3) is 5.91 Å². The van der Waals surface area contributed by atoms with Crippen molar-refractivity contribution in [2.45, 2.75) is 32.6 Å². The maximum atomic E-state index is 12.7. The number of hydrogen-bond acceptors (Lipinski definition) is 3. The topological polar surface area (TPSA) is 46.6 Å². The van der Waals surface area contributed by atoms with Crippen molar-refractivity contribution in [3.8, 4) is 5.75 Å². The number of piperidine rings is 1. The number of benzene rings is 2. The van der Waals surface area contributed by atoms with E-state index in [-0.39, 0.29) is 17.6 Å². The number of ketones is 1. The van der Waals surface area contributed by atoms with Gasteiger partial charge >= 0.3 is 0 Å². The van der Waals surface area contributed by atoms with Gasteiger partial charge in [0.2, 0.25) is 0 Å². The molecule has 3 rings (SSSR count). The second-order valence-electron chi connectivity index (χ2n) is 7.02. The number of carbonyl (C=O) groups is 2. The number of Topliss-reactive ketones (excluding diaryl/α,β-unsaturated/α-hetero) is 1. The highest BCUT2D eigenvalue weighted by Crippen LogP contribution is 2.23. The Balaban J connectivity index is 1.53. The van der Waals surface area contributed by atoms with Gasteiger partial charge in [-0.2, -0.15) is 0 Å². The van der Waals surface area contributed by atoms with Gasteiger partial charge < -0.3 is 9.64 Å². The number of amides is 1. The molecule has 0 saturated carbocycles. The van der Waals surface area contributed by atoms with Crippen LogP contribution in [0.2, 0.25) is 0 Å². The minimum Gasteiger partial charge on any atom is -0.494 e. The van der Waals surface area contributed by atoms with E-state index in [1.165, 1.54) is 0 Å². The number of rotatable bonds is 7. The maximum absolute atomic E-state index is 12.7. The molecule has 0 aliphatic carbocycles. The molecule has 1 aliphatic rings. The van der Waals surface area contributed by atoms with Gasteiger partial charge in [0.05, 0.1) is 6.61 Å². The van der Waals surface area contributed by atoms with Gasteiger partial charge in [0.1, 0.15) is 5.75 Å². The average Bonchev–Trinajstić information content (AvgIpc) is 2.74. The van der Waals surface area contributed by atoms with Gasteiger partial charge in [0.15, 0.2) is 5.78 Å². The molecule has 142 valence electrons. The number of ether oxygens (including phenoxy) is 1. The van der Waals surface area contributed by atoms with E-state index in [0.717, 1.165) is 37.0 Å². The molecule has 0 spiro atoms. The van der Waals surface area contributed by atoms with Crippen molar-refractivity contribution in [3.63, 3.8) is 0 Å². The van der Waals surface area contributed by atoms with Crippen LogP contribution in [0.3, 0.4) is 0 Å². The summed E-state index contributed by atoms with van der Waals surface area (Å²) in [5.74, 6) is 1.02. The SMILES string of the molecule is CCCCOc1ccc(C(=O)N2CCC(C(=O)c3ccccc3)CC2)cc1. The highest BCUT2D eigenvalue weighted by molar-refractivity contribution is 5.98. The highest BCUT2D eigenvalue weighted by atomic mass is 16.5. The van der Waals surface area contributed by atoms with Gasteiger partial charge in [-0.25, -0.2) is 0 Å². The lowest BCUT2D eigenvalue weighted by molar-refractivity contribution is 0.0650. The molecular formula is C23H27NO3. The standard InChI is InChI=1S/C23H27NO3/c1-2-3-17-27-21-11-9-20(10-12-21)23(26)24-15-13-19(14-16-24)22(25)18-7-5-4-6-8-18/h4-12,19H,2-3,13-17H2,1H3. The summed E-state index contributed by atoms with van der Waals surface area (Å²) in [5.41, 5.74) is 1.44. The Kier molecular flexibility index (Phi) is 6.64. The summed E-state index contributed by atoms with van der Waals surface area (Å²) in [4.78, 5) is 27.1. The molecule has 2 aromatic rings. The predicted octanol–water partition coefficient (Wildman–Crippen LogP) is 4.60. The molecule has 2 aromatic carbocycles. The van der Waals surface area contributed by atoms with Crippen molar-refractivity contribution in [2.24, 2.45) is 5.92 Å². The average molecular weight is 365 g/mol. The van der Waals surface area contributed by atoms with Gasteiger partial charge in [-0.1, -0.05) is 43.7 Å². The molecule has 27 heavy (non-hydrogen) atoms. The summed E-state index contributed by atoms with van der Waals surface area (Å²) >= 11 is 0. The fourth-order valence-corrected chi connectivity index (χ4v) is 3.39. The largest absolute Gasteiger partial charge is 0.494 e. The van der Waals surface area contributed by atoms with Crippen LogP contribution >= 0.6 is 0 Å². The predicted molar refractivity (Wildman–Crippen MR) is 106 cm³/mol. The lowest BCUT2D eigenvalue weighted by atomic mass is 9.88. The molecule has 1 fully saturated rings. The zero-order valence-electron chi connectivity index (χ0n) is 15.9.